The van der Waals surface area contributed by atoms with Crippen LogP contribution in [0.3, 0.4) is 0 Å². The minimum absolute atomic E-state index is 0.0652. The summed E-state index contributed by atoms with van der Waals surface area (Å²) in [5.41, 5.74) is 0.195. The lowest BCUT2D eigenvalue weighted by Crippen LogP contribution is -2.27. The zero-order valence-corrected chi connectivity index (χ0v) is 14.3. The second-order valence-electron chi connectivity index (χ2n) is 6.42. The van der Waals surface area contributed by atoms with Crippen LogP contribution in [0.15, 0.2) is 36.4 Å². The van der Waals surface area contributed by atoms with Crippen LogP contribution < -0.4 is 0 Å². The van der Waals surface area contributed by atoms with E-state index in [1.165, 1.54) is 18.2 Å². The lowest BCUT2D eigenvalue weighted by atomic mass is 10.1. The van der Waals surface area contributed by atoms with Gasteiger partial charge in [0.15, 0.2) is 0 Å². The van der Waals surface area contributed by atoms with Gasteiger partial charge >= 0.3 is 12.1 Å². The average molecular weight is 348 g/mol. The Labute approximate surface area is 134 Å². The summed E-state index contributed by atoms with van der Waals surface area (Å²) in [6, 6.07) is 5.90. The molecular weight excluding hydrogens is 328 g/mol. The van der Waals surface area contributed by atoms with Crippen LogP contribution in [0, 0.1) is 5.82 Å². The van der Waals surface area contributed by atoms with Crippen LogP contribution in [0.1, 0.15) is 18.1 Å². The van der Waals surface area contributed by atoms with E-state index in [-0.39, 0.29) is 12.0 Å². The van der Waals surface area contributed by atoms with Gasteiger partial charge in [0.25, 0.3) is 0 Å². The predicted molar refractivity (Wildman–Crippen MR) is 83.2 cm³/mol. The maximum absolute atomic E-state index is 13.3. The van der Waals surface area contributed by atoms with Crippen LogP contribution in [0.5, 0.6) is 0 Å². The third-order valence-corrected chi connectivity index (χ3v) is 4.41. The van der Waals surface area contributed by atoms with Crippen molar-refractivity contribution >= 4 is 14.0 Å². The van der Waals surface area contributed by atoms with E-state index in [9.17, 15) is 22.4 Å². The molecule has 0 spiro atoms. The Morgan fingerprint density at radius 2 is 1.91 bits per heavy atom. The molecule has 1 unspecified atom stereocenters. The largest absolute Gasteiger partial charge is 0.490 e. The Morgan fingerprint density at radius 1 is 1.26 bits per heavy atom. The summed E-state index contributed by atoms with van der Waals surface area (Å²) in [7, 11) is -1.31. The summed E-state index contributed by atoms with van der Waals surface area (Å²) in [6.07, 6.45) is -2.63. The summed E-state index contributed by atoms with van der Waals surface area (Å²) >= 11 is 0. The van der Waals surface area contributed by atoms with Crippen molar-refractivity contribution in [1.29, 1.82) is 0 Å². The quantitative estimate of drug-likeness (QED) is 0.303. The maximum Gasteiger partial charge on any atom is 0.490 e. The molecule has 0 N–H and O–H groups in total. The summed E-state index contributed by atoms with van der Waals surface area (Å²) in [5, 5.41) is 0. The van der Waals surface area contributed by atoms with Gasteiger partial charge in [0.1, 0.15) is 11.9 Å². The van der Waals surface area contributed by atoms with E-state index < -0.39 is 32.1 Å². The molecular formula is C16H20F4O2Si. The van der Waals surface area contributed by atoms with Gasteiger partial charge in [-0.15, -0.1) is 0 Å². The number of hydrogen-bond donors (Lipinski definition) is 0. The molecule has 0 fully saturated rings. The highest BCUT2D eigenvalue weighted by molar-refractivity contribution is 6.76. The molecule has 1 rings (SSSR count). The highest BCUT2D eigenvalue weighted by Gasteiger charge is 2.42. The van der Waals surface area contributed by atoms with Crippen LogP contribution in [-0.4, -0.2) is 20.2 Å². The summed E-state index contributed by atoms with van der Waals surface area (Å²) in [6.45, 7) is 6.47. The number of benzene rings is 1. The standard InChI is InChI=1S/C16H20F4O2Si/c1-23(2,3)10-5-4-9-14(22-15(21)16(18,19)20)12-7-6-8-13(17)11-12/h4-8,11,14H,9-10H2,1-3H3/b5-4-. The normalized spacial score (nSPS) is 14.0. The minimum atomic E-state index is -5.08. The summed E-state index contributed by atoms with van der Waals surface area (Å²) < 4.78 is 55.0. The minimum Gasteiger partial charge on any atom is -0.451 e. The molecule has 0 aromatic heterocycles. The predicted octanol–water partition coefficient (Wildman–Crippen LogP) is 5.26. The van der Waals surface area contributed by atoms with E-state index >= 15 is 0 Å². The monoisotopic (exact) mass is 348 g/mol. The summed E-state index contributed by atoms with van der Waals surface area (Å²) in [4.78, 5) is 11.1. The number of rotatable bonds is 6. The van der Waals surface area contributed by atoms with Crippen LogP contribution >= 0.6 is 0 Å². The molecule has 0 amide bonds. The fourth-order valence-electron chi connectivity index (χ4n) is 1.81. The van der Waals surface area contributed by atoms with Crippen molar-refractivity contribution in [2.75, 3.05) is 0 Å². The van der Waals surface area contributed by atoms with Crippen molar-refractivity contribution < 1.29 is 27.1 Å². The molecule has 2 nitrogen and oxygen atoms in total. The molecule has 0 aliphatic heterocycles. The molecule has 1 aromatic carbocycles. The average Bonchev–Trinajstić information content (AvgIpc) is 2.39. The number of hydrogen-bond acceptors (Lipinski definition) is 2. The van der Waals surface area contributed by atoms with E-state index in [1.54, 1.807) is 6.08 Å². The van der Waals surface area contributed by atoms with Gasteiger partial charge < -0.3 is 4.74 Å². The Hall–Kier alpha value is -1.63. The molecule has 0 aliphatic carbocycles. The van der Waals surface area contributed by atoms with Crippen molar-refractivity contribution in [3.63, 3.8) is 0 Å². The number of esters is 1. The SMILES string of the molecule is C[Si](C)(C)C/C=C\CC(OC(=O)C(F)(F)F)c1cccc(F)c1. The highest BCUT2D eigenvalue weighted by atomic mass is 28.3. The Kier molecular flexibility index (Phi) is 6.55. The molecule has 0 radical (unpaired) electrons. The van der Waals surface area contributed by atoms with Gasteiger partial charge in [0, 0.05) is 14.5 Å². The van der Waals surface area contributed by atoms with Gasteiger partial charge in [-0.3, -0.25) is 0 Å². The van der Waals surface area contributed by atoms with Crippen LogP contribution in [-0.2, 0) is 9.53 Å². The van der Waals surface area contributed by atoms with E-state index in [0.717, 1.165) is 12.1 Å². The van der Waals surface area contributed by atoms with Crippen molar-refractivity contribution in [3.05, 3.63) is 47.8 Å². The highest BCUT2D eigenvalue weighted by Crippen LogP contribution is 2.27. The van der Waals surface area contributed by atoms with E-state index in [2.05, 4.69) is 24.4 Å². The Bertz CT molecular complexity index is 562. The lowest BCUT2D eigenvalue weighted by molar-refractivity contribution is -0.205. The van der Waals surface area contributed by atoms with Gasteiger partial charge in [-0.25, -0.2) is 9.18 Å². The Morgan fingerprint density at radius 3 is 2.43 bits per heavy atom. The fourth-order valence-corrected chi connectivity index (χ4v) is 2.69. The third-order valence-electron chi connectivity index (χ3n) is 2.95. The van der Waals surface area contributed by atoms with E-state index in [1.807, 2.05) is 6.08 Å². The van der Waals surface area contributed by atoms with Crippen molar-refractivity contribution in [1.82, 2.24) is 0 Å². The Balaban J connectivity index is 2.87. The zero-order chi connectivity index (χ0) is 17.7. The van der Waals surface area contributed by atoms with Crippen LogP contribution in [0.4, 0.5) is 17.6 Å². The number of halogens is 4. The first-order valence-corrected chi connectivity index (χ1v) is 10.9. The van der Waals surface area contributed by atoms with E-state index in [0.29, 0.717) is 0 Å². The molecule has 0 saturated carbocycles. The van der Waals surface area contributed by atoms with Crippen LogP contribution in [0.2, 0.25) is 25.7 Å². The zero-order valence-electron chi connectivity index (χ0n) is 13.3. The lowest BCUT2D eigenvalue weighted by Gasteiger charge is -2.18. The molecule has 23 heavy (non-hydrogen) atoms. The number of alkyl halides is 3. The topological polar surface area (TPSA) is 26.3 Å². The first kappa shape index (κ1) is 19.4. The van der Waals surface area contributed by atoms with Gasteiger partial charge in [-0.2, -0.15) is 13.2 Å². The molecule has 0 saturated heterocycles. The van der Waals surface area contributed by atoms with Gasteiger partial charge in [0.2, 0.25) is 0 Å². The smallest absolute Gasteiger partial charge is 0.451 e. The second kappa shape index (κ2) is 7.76. The number of carbonyl (C=O) groups excluding carboxylic acids is 1. The van der Waals surface area contributed by atoms with Gasteiger partial charge in [-0.05, 0) is 23.7 Å². The summed E-state index contributed by atoms with van der Waals surface area (Å²) in [5.74, 6) is -2.87. The van der Waals surface area contributed by atoms with Gasteiger partial charge in [0.05, 0.1) is 0 Å². The maximum atomic E-state index is 13.3. The number of ether oxygens (including phenoxy) is 1. The third kappa shape index (κ3) is 7.45. The van der Waals surface area contributed by atoms with Crippen molar-refractivity contribution in [3.8, 4) is 0 Å². The molecule has 0 heterocycles. The number of allylic oxidation sites excluding steroid dienone is 1. The van der Waals surface area contributed by atoms with Crippen molar-refractivity contribution in [2.24, 2.45) is 0 Å². The van der Waals surface area contributed by atoms with Crippen molar-refractivity contribution in [2.45, 2.75) is 44.4 Å². The molecule has 7 heteroatoms. The molecule has 1 atom stereocenters. The second-order valence-corrected chi connectivity index (χ2v) is 11.9. The number of carbonyl (C=O) groups is 1. The molecule has 128 valence electrons. The van der Waals surface area contributed by atoms with E-state index in [4.69, 9.17) is 0 Å². The molecule has 1 aromatic rings. The first-order chi connectivity index (χ1) is 10.5. The van der Waals surface area contributed by atoms with Gasteiger partial charge in [-0.1, -0.05) is 43.9 Å². The molecule has 0 aliphatic rings. The first-order valence-electron chi connectivity index (χ1n) is 7.17. The van der Waals surface area contributed by atoms with Crippen LogP contribution in [0.25, 0.3) is 0 Å². The molecule has 0 bridgehead atoms. The fraction of sp³-hybridized carbons (Fsp3) is 0.438.